The zero-order valence-corrected chi connectivity index (χ0v) is 11.6. The highest BCUT2D eigenvalue weighted by Gasteiger charge is 2.21. The summed E-state index contributed by atoms with van der Waals surface area (Å²) in [6, 6.07) is 9.41. The van der Waals surface area contributed by atoms with Crippen molar-refractivity contribution in [3.05, 3.63) is 64.2 Å². The number of carboxylic acid groups (broad SMARTS) is 1. The third-order valence-corrected chi connectivity index (χ3v) is 3.04. The minimum absolute atomic E-state index is 0.0324. The molecule has 0 aliphatic heterocycles. The molecule has 0 aliphatic rings. The summed E-state index contributed by atoms with van der Waals surface area (Å²) in [5, 5.41) is 17.5. The van der Waals surface area contributed by atoms with Crippen LogP contribution in [-0.4, -0.2) is 11.1 Å². The topological polar surface area (TPSA) is 70.3 Å². The van der Waals surface area contributed by atoms with Crippen molar-refractivity contribution < 1.29 is 23.4 Å². The molecule has 0 aliphatic carbocycles. The average Bonchev–Trinajstić information content (AvgIpc) is 2.51. The Bertz CT molecular complexity index is 764. The molecular weight excluding hydrogens is 292 g/mol. The van der Waals surface area contributed by atoms with Crippen molar-refractivity contribution in [3.8, 4) is 11.8 Å². The van der Waals surface area contributed by atoms with Gasteiger partial charge in [0.2, 0.25) is 5.82 Å². The Balaban J connectivity index is 2.24. The van der Waals surface area contributed by atoms with E-state index in [9.17, 15) is 13.6 Å². The highest BCUT2D eigenvalue weighted by atomic mass is 19.2. The average molecular weight is 303 g/mol. The molecule has 22 heavy (non-hydrogen) atoms. The second kappa shape index (κ2) is 6.22. The Morgan fingerprint density at radius 1 is 1.27 bits per heavy atom. The smallest absolute Gasteiger partial charge is 0.338 e. The number of hydrogen-bond acceptors (Lipinski definition) is 3. The van der Waals surface area contributed by atoms with E-state index >= 15 is 0 Å². The molecule has 1 N–H and O–H groups in total. The number of nitrogens with zero attached hydrogens (tertiary/aromatic N) is 1. The van der Waals surface area contributed by atoms with E-state index in [0.29, 0.717) is 11.1 Å². The molecule has 0 atom stereocenters. The molecule has 0 saturated carbocycles. The summed E-state index contributed by atoms with van der Waals surface area (Å²) in [5.41, 5.74) is 0.592. The van der Waals surface area contributed by atoms with Gasteiger partial charge < -0.3 is 9.84 Å². The van der Waals surface area contributed by atoms with Crippen LogP contribution in [0.1, 0.15) is 27.0 Å². The van der Waals surface area contributed by atoms with E-state index in [0.717, 1.165) is 6.07 Å². The van der Waals surface area contributed by atoms with Crippen LogP contribution in [0.5, 0.6) is 5.75 Å². The predicted octanol–water partition coefficient (Wildman–Crippen LogP) is 3.42. The summed E-state index contributed by atoms with van der Waals surface area (Å²) < 4.78 is 32.8. The molecule has 112 valence electrons. The summed E-state index contributed by atoms with van der Waals surface area (Å²) in [4.78, 5) is 10.8. The lowest BCUT2D eigenvalue weighted by Crippen LogP contribution is -2.07. The van der Waals surface area contributed by atoms with E-state index in [1.54, 1.807) is 24.3 Å². The lowest BCUT2D eigenvalue weighted by Gasteiger charge is -2.12. The molecule has 2 rings (SSSR count). The Hall–Kier alpha value is -2.94. The van der Waals surface area contributed by atoms with Crippen LogP contribution in [0.25, 0.3) is 0 Å². The van der Waals surface area contributed by atoms with E-state index in [4.69, 9.17) is 15.1 Å². The number of benzene rings is 2. The van der Waals surface area contributed by atoms with E-state index < -0.39 is 23.2 Å². The van der Waals surface area contributed by atoms with Crippen LogP contribution in [-0.2, 0) is 6.61 Å². The molecule has 2 aromatic rings. The monoisotopic (exact) mass is 303 g/mol. The fraction of sp³-hybridized carbons (Fsp3) is 0.125. The van der Waals surface area contributed by atoms with Crippen molar-refractivity contribution in [2.24, 2.45) is 0 Å². The zero-order chi connectivity index (χ0) is 16.3. The first-order valence-corrected chi connectivity index (χ1v) is 6.27. The van der Waals surface area contributed by atoms with Gasteiger partial charge in [0.1, 0.15) is 6.61 Å². The van der Waals surface area contributed by atoms with Gasteiger partial charge in [0.15, 0.2) is 11.6 Å². The summed E-state index contributed by atoms with van der Waals surface area (Å²) in [5.74, 6) is -4.65. The molecule has 0 fully saturated rings. The highest BCUT2D eigenvalue weighted by Crippen LogP contribution is 2.28. The van der Waals surface area contributed by atoms with Crippen LogP contribution in [0.3, 0.4) is 0 Å². The Labute approximate surface area is 125 Å². The summed E-state index contributed by atoms with van der Waals surface area (Å²) in [7, 11) is 0. The molecule has 0 bridgehead atoms. The molecule has 0 saturated heterocycles. The van der Waals surface area contributed by atoms with Gasteiger partial charge in [-0.15, -0.1) is 0 Å². The van der Waals surface area contributed by atoms with Crippen molar-refractivity contribution >= 4 is 5.97 Å². The molecule has 0 spiro atoms. The number of carboxylic acids is 1. The lowest BCUT2D eigenvalue weighted by molar-refractivity contribution is 0.0690. The SMILES string of the molecule is Cc1cc(C(=O)O)c(F)c(F)c1OCc1ccc(C#N)cc1. The zero-order valence-electron chi connectivity index (χ0n) is 11.6. The maximum atomic E-state index is 13.9. The number of aryl methyl sites for hydroxylation is 1. The first kappa shape index (κ1) is 15.4. The second-order valence-corrected chi connectivity index (χ2v) is 4.60. The number of ether oxygens (including phenoxy) is 1. The van der Waals surface area contributed by atoms with Crippen LogP contribution >= 0.6 is 0 Å². The number of carbonyl (C=O) groups is 1. The molecule has 0 aromatic heterocycles. The van der Waals surface area contributed by atoms with Gasteiger partial charge in [-0.2, -0.15) is 9.65 Å². The normalized spacial score (nSPS) is 10.1. The van der Waals surface area contributed by atoms with Crippen molar-refractivity contribution in [1.82, 2.24) is 0 Å². The standard InChI is InChI=1S/C16H11F2NO3/c1-9-6-12(16(20)21)13(17)14(18)15(9)22-8-11-4-2-10(7-19)3-5-11/h2-6H,8H2,1H3,(H,20,21). The largest absolute Gasteiger partial charge is 0.485 e. The number of nitriles is 1. The molecule has 0 heterocycles. The van der Waals surface area contributed by atoms with Crippen molar-refractivity contribution in [2.75, 3.05) is 0 Å². The van der Waals surface area contributed by atoms with Gasteiger partial charge in [-0.05, 0) is 36.2 Å². The first-order valence-electron chi connectivity index (χ1n) is 6.27. The molecule has 6 heteroatoms. The maximum Gasteiger partial charge on any atom is 0.338 e. The third-order valence-electron chi connectivity index (χ3n) is 3.04. The minimum atomic E-state index is -1.54. The molecule has 0 amide bonds. The van der Waals surface area contributed by atoms with Gasteiger partial charge in [0, 0.05) is 0 Å². The van der Waals surface area contributed by atoms with E-state index in [1.165, 1.54) is 6.92 Å². The second-order valence-electron chi connectivity index (χ2n) is 4.60. The van der Waals surface area contributed by atoms with E-state index in [-0.39, 0.29) is 17.9 Å². The van der Waals surface area contributed by atoms with Gasteiger partial charge in [0.05, 0.1) is 17.2 Å². The van der Waals surface area contributed by atoms with Gasteiger partial charge in [-0.3, -0.25) is 0 Å². The number of halogens is 2. The van der Waals surface area contributed by atoms with E-state index in [2.05, 4.69) is 0 Å². The molecular formula is C16H11F2NO3. The van der Waals surface area contributed by atoms with Gasteiger partial charge in [-0.25, -0.2) is 9.18 Å². The minimum Gasteiger partial charge on any atom is -0.485 e. The van der Waals surface area contributed by atoms with Crippen LogP contribution in [0.4, 0.5) is 8.78 Å². The molecule has 2 aromatic carbocycles. The van der Waals surface area contributed by atoms with Crippen molar-refractivity contribution in [1.29, 1.82) is 5.26 Å². The summed E-state index contributed by atoms with van der Waals surface area (Å²) >= 11 is 0. The fourth-order valence-electron chi connectivity index (χ4n) is 1.90. The number of hydrogen-bond donors (Lipinski definition) is 1. The van der Waals surface area contributed by atoms with Crippen LogP contribution in [0.2, 0.25) is 0 Å². The van der Waals surface area contributed by atoms with E-state index in [1.807, 2.05) is 6.07 Å². The summed E-state index contributed by atoms with van der Waals surface area (Å²) in [6.07, 6.45) is 0. The Kier molecular flexibility index (Phi) is 4.37. The Morgan fingerprint density at radius 2 is 1.91 bits per heavy atom. The van der Waals surface area contributed by atoms with Crippen molar-refractivity contribution in [2.45, 2.75) is 13.5 Å². The predicted molar refractivity (Wildman–Crippen MR) is 73.5 cm³/mol. The number of aromatic carboxylic acids is 1. The molecule has 0 unspecified atom stereocenters. The number of rotatable bonds is 4. The van der Waals surface area contributed by atoms with Gasteiger partial charge in [0.25, 0.3) is 0 Å². The molecule has 4 nitrogen and oxygen atoms in total. The highest BCUT2D eigenvalue weighted by molar-refractivity contribution is 5.88. The fourth-order valence-corrected chi connectivity index (χ4v) is 1.90. The maximum absolute atomic E-state index is 13.9. The quantitative estimate of drug-likeness (QED) is 0.939. The third kappa shape index (κ3) is 3.04. The van der Waals surface area contributed by atoms with Gasteiger partial charge >= 0.3 is 5.97 Å². The lowest BCUT2D eigenvalue weighted by atomic mass is 10.1. The van der Waals surface area contributed by atoms with Crippen LogP contribution in [0.15, 0.2) is 30.3 Å². The van der Waals surface area contributed by atoms with Crippen LogP contribution < -0.4 is 4.74 Å². The van der Waals surface area contributed by atoms with Crippen molar-refractivity contribution in [3.63, 3.8) is 0 Å². The van der Waals surface area contributed by atoms with Gasteiger partial charge in [-0.1, -0.05) is 12.1 Å². The molecule has 0 radical (unpaired) electrons. The first-order chi connectivity index (χ1) is 10.4. The van der Waals surface area contributed by atoms with Crippen LogP contribution in [0, 0.1) is 29.9 Å². The summed E-state index contributed by atoms with van der Waals surface area (Å²) in [6.45, 7) is 1.40. The Morgan fingerprint density at radius 3 is 2.45 bits per heavy atom.